The second-order valence-corrected chi connectivity index (χ2v) is 6.88. The molecule has 3 aromatic rings. The van der Waals surface area contributed by atoms with Crippen molar-refractivity contribution in [2.24, 2.45) is 0 Å². The number of carbonyl (C=O) groups excluding carboxylic acids is 1. The van der Waals surface area contributed by atoms with E-state index in [1.54, 1.807) is 7.11 Å². The molecule has 1 unspecified atom stereocenters. The molecule has 0 aliphatic carbocycles. The van der Waals surface area contributed by atoms with Crippen LogP contribution in [-0.4, -0.2) is 35.6 Å². The molecule has 0 aliphatic rings. The number of amides is 1. The molecule has 0 saturated carbocycles. The van der Waals surface area contributed by atoms with Crippen LogP contribution in [0.2, 0.25) is 0 Å². The minimum absolute atomic E-state index is 0.0435. The van der Waals surface area contributed by atoms with Crippen molar-refractivity contribution < 1.29 is 9.53 Å². The van der Waals surface area contributed by atoms with Crippen molar-refractivity contribution in [2.45, 2.75) is 32.6 Å². The fourth-order valence-electron chi connectivity index (χ4n) is 3.48. The van der Waals surface area contributed by atoms with E-state index in [0.717, 1.165) is 28.9 Å². The quantitative estimate of drug-likeness (QED) is 0.620. The van der Waals surface area contributed by atoms with Gasteiger partial charge >= 0.3 is 0 Å². The van der Waals surface area contributed by atoms with Crippen molar-refractivity contribution in [1.82, 2.24) is 14.7 Å². The molecule has 1 aromatic carbocycles. The zero-order valence-corrected chi connectivity index (χ0v) is 16.2. The molecule has 5 nitrogen and oxygen atoms in total. The van der Waals surface area contributed by atoms with Crippen LogP contribution in [0.4, 0.5) is 0 Å². The van der Waals surface area contributed by atoms with Gasteiger partial charge < -0.3 is 14.5 Å². The Labute approximate surface area is 160 Å². The van der Waals surface area contributed by atoms with Gasteiger partial charge in [-0.3, -0.25) is 4.79 Å². The van der Waals surface area contributed by atoms with E-state index in [9.17, 15) is 4.79 Å². The van der Waals surface area contributed by atoms with Gasteiger partial charge in [0, 0.05) is 45.0 Å². The first-order valence-electron chi connectivity index (χ1n) is 9.35. The third kappa shape index (κ3) is 4.37. The summed E-state index contributed by atoms with van der Waals surface area (Å²) in [6.45, 7) is 5.41. The maximum absolute atomic E-state index is 12.6. The van der Waals surface area contributed by atoms with Gasteiger partial charge in [0.05, 0.1) is 5.69 Å². The predicted octanol–water partition coefficient (Wildman–Crippen LogP) is 3.63. The second kappa shape index (κ2) is 8.82. The number of fused-ring (bicyclic) bond motifs is 1. The lowest BCUT2D eigenvalue weighted by atomic mass is 9.89. The monoisotopic (exact) mass is 365 g/mol. The molecule has 1 N–H and O–H groups in total. The zero-order valence-electron chi connectivity index (χ0n) is 16.2. The van der Waals surface area contributed by atoms with Crippen LogP contribution >= 0.6 is 0 Å². The molecule has 1 atom stereocenters. The van der Waals surface area contributed by atoms with Crippen molar-refractivity contribution in [3.05, 3.63) is 71.2 Å². The number of aryl methyl sites for hydroxylation is 2. The van der Waals surface area contributed by atoms with Crippen LogP contribution in [0.1, 0.15) is 41.1 Å². The fraction of sp³-hybridized carbons (Fsp3) is 0.364. The largest absolute Gasteiger partial charge is 0.385 e. The molecule has 0 fully saturated rings. The summed E-state index contributed by atoms with van der Waals surface area (Å²) in [5, 5.41) is 3.01. The van der Waals surface area contributed by atoms with E-state index in [-0.39, 0.29) is 11.8 Å². The number of benzene rings is 1. The van der Waals surface area contributed by atoms with Crippen LogP contribution in [0.5, 0.6) is 0 Å². The molecule has 3 rings (SSSR count). The van der Waals surface area contributed by atoms with E-state index < -0.39 is 0 Å². The molecule has 5 heteroatoms. The second-order valence-electron chi connectivity index (χ2n) is 6.88. The number of aromatic nitrogens is 2. The number of imidazole rings is 1. The number of nitrogens with one attached hydrogen (secondary N) is 1. The highest BCUT2D eigenvalue weighted by Crippen LogP contribution is 2.31. The smallest absolute Gasteiger partial charge is 0.221 e. The van der Waals surface area contributed by atoms with Crippen LogP contribution in [0, 0.1) is 13.8 Å². The maximum Gasteiger partial charge on any atom is 0.221 e. The number of ether oxygens (including phenoxy) is 1. The minimum atomic E-state index is -0.0505. The first-order valence-corrected chi connectivity index (χ1v) is 9.35. The van der Waals surface area contributed by atoms with E-state index in [2.05, 4.69) is 46.7 Å². The molecular weight excluding hydrogens is 338 g/mol. The number of carbonyl (C=O) groups is 1. The molecule has 27 heavy (non-hydrogen) atoms. The number of nitrogens with zero attached hydrogens (tertiary/aromatic N) is 2. The summed E-state index contributed by atoms with van der Waals surface area (Å²) >= 11 is 0. The lowest BCUT2D eigenvalue weighted by Crippen LogP contribution is -2.27. The SMILES string of the molecule is COCCCNC(=O)CC(c1ccccc1C)c1cnc2c(C)cccn12. The molecule has 142 valence electrons. The lowest BCUT2D eigenvalue weighted by Gasteiger charge is -2.19. The number of rotatable bonds is 8. The molecule has 2 aromatic heterocycles. The Morgan fingerprint density at radius 1 is 1.19 bits per heavy atom. The number of hydrogen-bond donors (Lipinski definition) is 1. The van der Waals surface area contributed by atoms with Crippen molar-refractivity contribution in [2.75, 3.05) is 20.3 Å². The van der Waals surface area contributed by atoms with Crippen LogP contribution in [0.3, 0.4) is 0 Å². The number of hydrogen-bond acceptors (Lipinski definition) is 3. The summed E-state index contributed by atoms with van der Waals surface area (Å²) in [5.74, 6) is -0.00705. The normalized spacial score (nSPS) is 12.3. The van der Waals surface area contributed by atoms with Crippen LogP contribution in [0.25, 0.3) is 5.65 Å². The summed E-state index contributed by atoms with van der Waals surface area (Å²) in [5.41, 5.74) is 5.43. The highest BCUT2D eigenvalue weighted by Gasteiger charge is 2.23. The third-order valence-corrected chi connectivity index (χ3v) is 4.92. The topological polar surface area (TPSA) is 55.6 Å². The summed E-state index contributed by atoms with van der Waals surface area (Å²) in [7, 11) is 1.67. The Hall–Kier alpha value is -2.66. The average Bonchev–Trinajstić information content (AvgIpc) is 3.09. The molecule has 0 bridgehead atoms. The highest BCUT2D eigenvalue weighted by atomic mass is 16.5. The molecule has 0 aliphatic heterocycles. The van der Waals surface area contributed by atoms with Crippen LogP contribution < -0.4 is 5.32 Å². The van der Waals surface area contributed by atoms with Crippen LogP contribution in [-0.2, 0) is 9.53 Å². The molecule has 0 radical (unpaired) electrons. The summed E-state index contributed by atoms with van der Waals surface area (Å²) in [4.78, 5) is 17.2. The van der Waals surface area contributed by atoms with Crippen LogP contribution in [0.15, 0.2) is 48.8 Å². The standard InChI is InChI=1S/C22H27N3O2/c1-16-8-4-5-10-18(16)19(14-21(26)23-11-7-13-27-3)20-15-24-22-17(2)9-6-12-25(20)22/h4-6,8-10,12,15,19H,7,11,13-14H2,1-3H3,(H,23,26). The zero-order chi connectivity index (χ0) is 19.2. The summed E-state index contributed by atoms with van der Waals surface area (Å²) in [6, 6.07) is 12.3. The molecular formula is C22H27N3O2. The van der Waals surface area contributed by atoms with Gasteiger partial charge in [-0.2, -0.15) is 0 Å². The average molecular weight is 365 g/mol. The van der Waals surface area contributed by atoms with Gasteiger partial charge in [0.1, 0.15) is 5.65 Å². The Morgan fingerprint density at radius 3 is 2.74 bits per heavy atom. The van der Waals surface area contributed by atoms with Crippen molar-refractivity contribution in [3.63, 3.8) is 0 Å². The van der Waals surface area contributed by atoms with E-state index in [0.29, 0.717) is 19.6 Å². The summed E-state index contributed by atoms with van der Waals surface area (Å²) < 4.78 is 7.15. The van der Waals surface area contributed by atoms with Gasteiger partial charge in [-0.1, -0.05) is 30.3 Å². The first-order chi connectivity index (χ1) is 13.1. The lowest BCUT2D eigenvalue weighted by molar-refractivity contribution is -0.121. The van der Waals surface area contributed by atoms with Crippen molar-refractivity contribution in [1.29, 1.82) is 0 Å². The number of methoxy groups -OCH3 is 1. The molecule has 0 spiro atoms. The first kappa shape index (κ1) is 19.1. The van der Waals surface area contributed by atoms with Gasteiger partial charge in [-0.25, -0.2) is 4.98 Å². The van der Waals surface area contributed by atoms with Gasteiger partial charge in [0.15, 0.2) is 0 Å². The third-order valence-electron chi connectivity index (χ3n) is 4.92. The van der Waals surface area contributed by atoms with E-state index >= 15 is 0 Å². The van der Waals surface area contributed by atoms with Crippen molar-refractivity contribution >= 4 is 11.6 Å². The molecule has 2 heterocycles. The van der Waals surface area contributed by atoms with E-state index in [1.165, 1.54) is 5.56 Å². The van der Waals surface area contributed by atoms with Gasteiger partial charge in [-0.15, -0.1) is 0 Å². The Balaban J connectivity index is 1.92. The van der Waals surface area contributed by atoms with Gasteiger partial charge in [0.25, 0.3) is 0 Å². The Bertz CT molecular complexity index is 917. The van der Waals surface area contributed by atoms with Gasteiger partial charge in [-0.05, 0) is 43.0 Å². The van der Waals surface area contributed by atoms with E-state index in [1.807, 2.05) is 30.6 Å². The maximum atomic E-state index is 12.6. The highest BCUT2D eigenvalue weighted by molar-refractivity contribution is 5.77. The van der Waals surface area contributed by atoms with Gasteiger partial charge in [0.2, 0.25) is 5.91 Å². The Kier molecular flexibility index (Phi) is 6.24. The van der Waals surface area contributed by atoms with Crippen molar-refractivity contribution in [3.8, 4) is 0 Å². The molecule has 1 amide bonds. The number of pyridine rings is 1. The minimum Gasteiger partial charge on any atom is -0.385 e. The fourth-order valence-corrected chi connectivity index (χ4v) is 3.48. The predicted molar refractivity (Wildman–Crippen MR) is 107 cm³/mol. The molecule has 0 saturated heterocycles. The van der Waals surface area contributed by atoms with E-state index in [4.69, 9.17) is 4.74 Å². The summed E-state index contributed by atoms with van der Waals surface area (Å²) in [6.07, 6.45) is 5.12. The Morgan fingerprint density at radius 2 is 1.96 bits per heavy atom.